The summed E-state index contributed by atoms with van der Waals surface area (Å²) in [4.78, 5) is 25.0. The molecule has 0 aliphatic heterocycles. The van der Waals surface area contributed by atoms with Crippen LogP contribution in [0.25, 0.3) is 12.2 Å². The zero-order valence-electron chi connectivity index (χ0n) is 21.2. The summed E-state index contributed by atoms with van der Waals surface area (Å²) in [6.07, 6.45) is 8.36. The zero-order chi connectivity index (χ0) is 26.4. The number of allylic oxidation sites excluding steroid dienone is 2. The van der Waals surface area contributed by atoms with E-state index in [9.17, 15) is 9.59 Å². The molecule has 0 atom stereocenters. The Hall–Kier alpha value is -4.70. The highest BCUT2D eigenvalue weighted by Gasteiger charge is 2.05. The van der Waals surface area contributed by atoms with Crippen molar-refractivity contribution >= 4 is 23.7 Å². The Morgan fingerprint density at radius 1 is 0.526 bits per heavy atom. The fourth-order valence-corrected chi connectivity index (χ4v) is 3.73. The summed E-state index contributed by atoms with van der Waals surface area (Å²) in [7, 11) is 0. The van der Waals surface area contributed by atoms with Gasteiger partial charge in [-0.1, -0.05) is 97.1 Å². The van der Waals surface area contributed by atoms with Crippen LogP contribution in [-0.4, -0.2) is 24.8 Å². The molecule has 190 valence electrons. The van der Waals surface area contributed by atoms with E-state index in [1.807, 2.05) is 97.1 Å². The molecule has 0 amide bonds. The molecule has 0 saturated carbocycles. The predicted molar refractivity (Wildman–Crippen MR) is 153 cm³/mol. The maximum absolute atomic E-state index is 12.5. The summed E-state index contributed by atoms with van der Waals surface area (Å²) >= 11 is 0. The van der Waals surface area contributed by atoms with Gasteiger partial charge in [0.1, 0.15) is 11.5 Å². The van der Waals surface area contributed by atoms with Crippen molar-refractivity contribution in [3.63, 3.8) is 0 Å². The van der Waals surface area contributed by atoms with Gasteiger partial charge in [-0.05, 0) is 60.4 Å². The second-order valence-corrected chi connectivity index (χ2v) is 8.68. The third-order valence-corrected chi connectivity index (χ3v) is 5.77. The zero-order valence-corrected chi connectivity index (χ0v) is 21.2. The van der Waals surface area contributed by atoms with E-state index >= 15 is 0 Å². The number of ether oxygens (including phenoxy) is 2. The van der Waals surface area contributed by atoms with Gasteiger partial charge in [0.25, 0.3) is 0 Å². The largest absolute Gasteiger partial charge is 0.494 e. The third-order valence-electron chi connectivity index (χ3n) is 5.77. The molecule has 0 N–H and O–H groups in total. The smallest absolute Gasteiger partial charge is 0.185 e. The van der Waals surface area contributed by atoms with Gasteiger partial charge in [-0.3, -0.25) is 9.59 Å². The van der Waals surface area contributed by atoms with Crippen molar-refractivity contribution in [3.8, 4) is 11.5 Å². The maximum atomic E-state index is 12.5. The molecule has 0 aliphatic carbocycles. The molecule has 0 radical (unpaired) electrons. The number of carbonyl (C=O) groups is 2. The number of carbonyl (C=O) groups excluding carboxylic acids is 2. The van der Waals surface area contributed by atoms with E-state index in [1.165, 1.54) is 0 Å². The van der Waals surface area contributed by atoms with E-state index in [0.29, 0.717) is 35.8 Å². The van der Waals surface area contributed by atoms with Gasteiger partial charge in [0.05, 0.1) is 13.2 Å². The van der Waals surface area contributed by atoms with Crippen LogP contribution in [0, 0.1) is 0 Å². The van der Waals surface area contributed by atoms with Crippen LogP contribution < -0.4 is 9.47 Å². The first-order chi connectivity index (χ1) is 18.7. The third kappa shape index (κ3) is 8.45. The minimum atomic E-state index is -0.0658. The van der Waals surface area contributed by atoms with E-state index in [4.69, 9.17) is 9.47 Å². The van der Waals surface area contributed by atoms with Crippen molar-refractivity contribution < 1.29 is 19.1 Å². The van der Waals surface area contributed by atoms with Crippen molar-refractivity contribution in [2.75, 3.05) is 13.2 Å². The Kier molecular flexibility index (Phi) is 9.81. The molecule has 0 aliphatic rings. The molecular formula is C34H30O4. The van der Waals surface area contributed by atoms with Crippen molar-refractivity contribution in [2.24, 2.45) is 0 Å². The van der Waals surface area contributed by atoms with E-state index < -0.39 is 0 Å². The highest BCUT2D eigenvalue weighted by molar-refractivity contribution is 6.07. The molecular weight excluding hydrogens is 472 g/mol. The molecule has 0 heterocycles. The number of hydrogen-bond donors (Lipinski definition) is 0. The summed E-state index contributed by atoms with van der Waals surface area (Å²) in [5.41, 5.74) is 3.14. The summed E-state index contributed by atoms with van der Waals surface area (Å²) in [6.45, 7) is 1.04. The lowest BCUT2D eigenvalue weighted by molar-refractivity contribution is 0.103. The van der Waals surface area contributed by atoms with Gasteiger partial charge in [-0.25, -0.2) is 0 Å². The van der Waals surface area contributed by atoms with Crippen LogP contribution >= 0.6 is 0 Å². The highest BCUT2D eigenvalue weighted by Crippen LogP contribution is 2.17. The van der Waals surface area contributed by atoms with E-state index in [-0.39, 0.29) is 11.6 Å². The number of hydrogen-bond acceptors (Lipinski definition) is 4. The monoisotopic (exact) mass is 502 g/mol. The van der Waals surface area contributed by atoms with Gasteiger partial charge in [-0.2, -0.15) is 0 Å². The van der Waals surface area contributed by atoms with Gasteiger partial charge in [0.15, 0.2) is 11.6 Å². The van der Waals surface area contributed by atoms with Gasteiger partial charge in [0.2, 0.25) is 0 Å². The van der Waals surface area contributed by atoms with Crippen molar-refractivity contribution in [3.05, 3.63) is 144 Å². The van der Waals surface area contributed by atoms with E-state index in [0.717, 1.165) is 24.0 Å². The van der Waals surface area contributed by atoms with Crippen molar-refractivity contribution in [1.82, 2.24) is 0 Å². The minimum absolute atomic E-state index is 0.0658. The van der Waals surface area contributed by atoms with Gasteiger partial charge < -0.3 is 9.47 Å². The molecule has 4 aromatic rings. The standard InChI is InChI=1S/C34H30O4/c35-33(21-19-27-11-3-1-4-12-27)29-15-9-17-31(25-29)37-23-7-8-24-38-32-18-10-16-30(26-32)34(36)22-20-28-13-5-2-6-14-28/h1-6,9-22,25-26H,7-8,23-24H2/b21-19+,22-20+. The summed E-state index contributed by atoms with van der Waals surface area (Å²) in [5, 5.41) is 0. The van der Waals surface area contributed by atoms with Crippen LogP contribution in [0.15, 0.2) is 121 Å². The number of benzene rings is 4. The fraction of sp³-hybridized carbons (Fsp3) is 0.118. The number of unbranched alkanes of at least 4 members (excludes halogenated alkanes) is 1. The Balaban J connectivity index is 1.18. The summed E-state index contributed by atoms with van der Waals surface area (Å²) < 4.78 is 11.7. The lowest BCUT2D eigenvalue weighted by Crippen LogP contribution is -2.04. The summed E-state index contributed by atoms with van der Waals surface area (Å²) in [5.74, 6) is 1.20. The van der Waals surface area contributed by atoms with Crippen LogP contribution in [-0.2, 0) is 0 Å². The van der Waals surface area contributed by atoms with Crippen LogP contribution in [0.4, 0.5) is 0 Å². The predicted octanol–water partition coefficient (Wildman–Crippen LogP) is 7.72. The Morgan fingerprint density at radius 3 is 1.37 bits per heavy atom. The van der Waals surface area contributed by atoms with Crippen molar-refractivity contribution in [1.29, 1.82) is 0 Å². The quantitative estimate of drug-likeness (QED) is 0.107. The molecule has 0 spiro atoms. The summed E-state index contributed by atoms with van der Waals surface area (Å²) in [6, 6.07) is 33.9. The topological polar surface area (TPSA) is 52.6 Å². The first kappa shape index (κ1) is 26.4. The van der Waals surface area contributed by atoms with Gasteiger partial charge in [-0.15, -0.1) is 0 Å². The van der Waals surface area contributed by atoms with Gasteiger partial charge in [0, 0.05) is 11.1 Å². The first-order valence-electron chi connectivity index (χ1n) is 12.7. The normalized spacial score (nSPS) is 11.1. The first-order valence-corrected chi connectivity index (χ1v) is 12.7. The molecule has 0 saturated heterocycles. The van der Waals surface area contributed by atoms with Gasteiger partial charge >= 0.3 is 0 Å². The molecule has 4 rings (SSSR count). The minimum Gasteiger partial charge on any atom is -0.494 e. The van der Waals surface area contributed by atoms with E-state index in [1.54, 1.807) is 36.4 Å². The molecule has 0 fully saturated rings. The molecule has 0 aromatic heterocycles. The van der Waals surface area contributed by atoms with E-state index in [2.05, 4.69) is 0 Å². The lowest BCUT2D eigenvalue weighted by Gasteiger charge is -2.09. The Labute approximate surface area is 223 Å². The Bertz CT molecular complexity index is 1280. The molecule has 4 aromatic carbocycles. The van der Waals surface area contributed by atoms with Crippen LogP contribution in [0.3, 0.4) is 0 Å². The fourth-order valence-electron chi connectivity index (χ4n) is 3.73. The second-order valence-electron chi connectivity index (χ2n) is 8.68. The van der Waals surface area contributed by atoms with Crippen LogP contribution in [0.5, 0.6) is 11.5 Å². The van der Waals surface area contributed by atoms with Crippen LogP contribution in [0.1, 0.15) is 44.7 Å². The molecule has 4 heteroatoms. The molecule has 0 bridgehead atoms. The average molecular weight is 503 g/mol. The molecule has 4 nitrogen and oxygen atoms in total. The Morgan fingerprint density at radius 2 is 0.947 bits per heavy atom. The highest BCUT2D eigenvalue weighted by atomic mass is 16.5. The lowest BCUT2D eigenvalue weighted by atomic mass is 10.1. The maximum Gasteiger partial charge on any atom is 0.185 e. The average Bonchev–Trinajstić information content (AvgIpc) is 2.98. The molecule has 0 unspecified atom stereocenters. The van der Waals surface area contributed by atoms with Crippen LogP contribution in [0.2, 0.25) is 0 Å². The van der Waals surface area contributed by atoms with Crippen molar-refractivity contribution in [2.45, 2.75) is 12.8 Å². The number of rotatable bonds is 13. The SMILES string of the molecule is O=C(/C=C/c1ccccc1)c1cccc(OCCCCOc2cccc(C(=O)/C=C/c3ccccc3)c2)c1. The second kappa shape index (κ2) is 14.1. The number of ketones is 2. The molecule has 38 heavy (non-hydrogen) atoms.